The highest BCUT2D eigenvalue weighted by atomic mass is 32.2. The second kappa shape index (κ2) is 9.38. The Labute approximate surface area is 171 Å². The van der Waals surface area contributed by atoms with Crippen molar-refractivity contribution in [3.8, 4) is 0 Å². The first-order valence-electron chi connectivity index (χ1n) is 9.05. The van der Waals surface area contributed by atoms with Crippen molar-refractivity contribution < 1.29 is 14.3 Å². The second-order valence-electron chi connectivity index (χ2n) is 6.51. The lowest BCUT2D eigenvalue weighted by Gasteiger charge is -2.13. The molecule has 29 heavy (non-hydrogen) atoms. The lowest BCUT2D eigenvalue weighted by molar-refractivity contribution is -0.145. The van der Waals surface area contributed by atoms with Crippen LogP contribution in [-0.4, -0.2) is 33.4 Å². The summed E-state index contributed by atoms with van der Waals surface area (Å²) >= 11 is 1.16. The van der Waals surface area contributed by atoms with Crippen LogP contribution in [0.4, 0.5) is 5.69 Å². The number of amides is 1. The topological polar surface area (TPSA) is 101 Å². The van der Waals surface area contributed by atoms with Gasteiger partial charge in [-0.3, -0.25) is 14.4 Å². The number of rotatable bonds is 7. The van der Waals surface area contributed by atoms with Crippen molar-refractivity contribution >= 4 is 40.2 Å². The molecule has 1 heterocycles. The number of aryl methyl sites for hydroxylation is 1. The van der Waals surface area contributed by atoms with Crippen molar-refractivity contribution in [1.82, 2.24) is 9.97 Å². The van der Waals surface area contributed by atoms with Crippen LogP contribution in [0.25, 0.3) is 10.9 Å². The van der Waals surface area contributed by atoms with Gasteiger partial charge < -0.3 is 15.0 Å². The molecule has 0 saturated carbocycles. The van der Waals surface area contributed by atoms with E-state index in [0.717, 1.165) is 17.3 Å². The van der Waals surface area contributed by atoms with E-state index in [0.29, 0.717) is 16.6 Å². The number of ether oxygens (including phenoxy) is 1. The fourth-order valence-electron chi connectivity index (χ4n) is 2.65. The first-order valence-corrected chi connectivity index (χ1v) is 10.2. The van der Waals surface area contributed by atoms with Crippen LogP contribution >= 0.6 is 11.8 Å². The van der Waals surface area contributed by atoms with Gasteiger partial charge in [0.05, 0.1) is 22.4 Å². The zero-order chi connectivity index (χ0) is 20.8. The molecule has 3 rings (SSSR count). The van der Waals surface area contributed by atoms with Crippen LogP contribution in [0.3, 0.4) is 0 Å². The Bertz CT molecular complexity index is 1080. The zero-order valence-corrected chi connectivity index (χ0v) is 16.9. The highest BCUT2D eigenvalue weighted by Crippen LogP contribution is 2.16. The molecule has 0 aliphatic carbocycles. The van der Waals surface area contributed by atoms with Gasteiger partial charge in [-0.05, 0) is 38.1 Å². The van der Waals surface area contributed by atoms with Gasteiger partial charge in [-0.2, -0.15) is 0 Å². The van der Waals surface area contributed by atoms with E-state index in [1.165, 1.54) is 0 Å². The fraction of sp³-hybridized carbons (Fsp3) is 0.238. The molecule has 3 aromatic rings. The van der Waals surface area contributed by atoms with Crippen molar-refractivity contribution in [3.05, 3.63) is 70.3 Å². The highest BCUT2D eigenvalue weighted by Gasteiger charge is 2.16. The number of anilines is 1. The second-order valence-corrected chi connectivity index (χ2v) is 7.49. The minimum atomic E-state index is -0.707. The van der Waals surface area contributed by atoms with Gasteiger partial charge in [0.2, 0.25) is 5.91 Å². The molecule has 0 saturated heterocycles. The minimum Gasteiger partial charge on any atom is -0.454 e. The first kappa shape index (κ1) is 20.6. The SMILES string of the molecule is Cc1ccc(NC(=O)CSCC(=O)O[C@H](C)c2nc3ccccc3c(=O)[nH]2)cc1. The highest BCUT2D eigenvalue weighted by molar-refractivity contribution is 8.00. The van der Waals surface area contributed by atoms with Gasteiger partial charge in [0.15, 0.2) is 11.9 Å². The van der Waals surface area contributed by atoms with Crippen LogP contribution in [0.1, 0.15) is 24.4 Å². The molecule has 0 radical (unpaired) electrons. The number of hydrogen-bond donors (Lipinski definition) is 2. The van der Waals surface area contributed by atoms with Crippen LogP contribution in [0, 0.1) is 6.92 Å². The summed E-state index contributed by atoms with van der Waals surface area (Å²) in [6.45, 7) is 3.61. The largest absolute Gasteiger partial charge is 0.454 e. The summed E-state index contributed by atoms with van der Waals surface area (Å²) in [6, 6.07) is 14.4. The summed E-state index contributed by atoms with van der Waals surface area (Å²) in [4.78, 5) is 43.1. The summed E-state index contributed by atoms with van der Waals surface area (Å²) < 4.78 is 5.33. The number of nitrogens with one attached hydrogen (secondary N) is 2. The standard InChI is InChI=1S/C21H21N3O4S/c1-13-7-9-15(10-8-13)22-18(25)11-29-12-19(26)28-14(2)20-23-17-6-4-3-5-16(17)21(27)24-20/h3-10,14H,11-12H2,1-2H3,(H,22,25)(H,23,24,27)/t14-/m1/s1. The van der Waals surface area contributed by atoms with E-state index in [1.54, 1.807) is 31.2 Å². The molecule has 0 fully saturated rings. The molecule has 2 aromatic carbocycles. The molecule has 0 bridgehead atoms. The predicted octanol–water partition coefficient (Wildman–Crippen LogP) is 3.21. The maximum Gasteiger partial charge on any atom is 0.316 e. The zero-order valence-electron chi connectivity index (χ0n) is 16.1. The number of H-pyrrole nitrogens is 1. The average molecular weight is 411 g/mol. The number of aromatic amines is 1. The number of carbonyl (C=O) groups excluding carboxylic acids is 2. The van der Waals surface area contributed by atoms with E-state index in [9.17, 15) is 14.4 Å². The number of carbonyl (C=O) groups is 2. The number of thioether (sulfide) groups is 1. The number of nitrogens with zero attached hydrogens (tertiary/aromatic N) is 1. The Hall–Kier alpha value is -3.13. The first-order chi connectivity index (χ1) is 13.9. The molecule has 1 atom stereocenters. The van der Waals surface area contributed by atoms with Crippen LogP contribution < -0.4 is 10.9 Å². The fourth-order valence-corrected chi connectivity index (χ4v) is 3.24. The van der Waals surface area contributed by atoms with Crippen molar-refractivity contribution in [1.29, 1.82) is 0 Å². The molecule has 2 N–H and O–H groups in total. The normalized spacial score (nSPS) is 11.8. The molecule has 7 nitrogen and oxygen atoms in total. The van der Waals surface area contributed by atoms with Gasteiger partial charge in [-0.1, -0.05) is 29.8 Å². The Kier molecular flexibility index (Phi) is 6.66. The summed E-state index contributed by atoms with van der Waals surface area (Å²) in [5, 5.41) is 3.25. The Balaban J connectivity index is 1.48. The molecule has 8 heteroatoms. The van der Waals surface area contributed by atoms with Gasteiger partial charge in [0.1, 0.15) is 0 Å². The van der Waals surface area contributed by atoms with Gasteiger partial charge >= 0.3 is 5.97 Å². The predicted molar refractivity (Wildman–Crippen MR) is 114 cm³/mol. The van der Waals surface area contributed by atoms with Crippen LogP contribution in [-0.2, 0) is 14.3 Å². The number of hydrogen-bond acceptors (Lipinski definition) is 6. The van der Waals surface area contributed by atoms with Crippen LogP contribution in [0.15, 0.2) is 53.3 Å². The summed E-state index contributed by atoms with van der Waals surface area (Å²) in [5.41, 5.74) is 2.08. The van der Waals surface area contributed by atoms with Crippen molar-refractivity contribution in [2.24, 2.45) is 0 Å². The van der Waals surface area contributed by atoms with E-state index in [1.807, 2.05) is 31.2 Å². The Morgan fingerprint density at radius 1 is 1.14 bits per heavy atom. The monoisotopic (exact) mass is 411 g/mol. The van der Waals surface area contributed by atoms with Gasteiger partial charge in [0.25, 0.3) is 5.56 Å². The van der Waals surface area contributed by atoms with Crippen LogP contribution in [0.2, 0.25) is 0 Å². The maximum absolute atomic E-state index is 12.1. The third kappa shape index (κ3) is 5.68. The average Bonchev–Trinajstić information content (AvgIpc) is 2.69. The van der Waals surface area contributed by atoms with E-state index < -0.39 is 12.1 Å². The third-order valence-corrected chi connectivity index (χ3v) is 5.02. The van der Waals surface area contributed by atoms with E-state index >= 15 is 0 Å². The summed E-state index contributed by atoms with van der Waals surface area (Å²) in [6.07, 6.45) is -0.707. The number of benzene rings is 2. The lowest BCUT2D eigenvalue weighted by Crippen LogP contribution is -2.19. The molecule has 0 spiro atoms. The smallest absolute Gasteiger partial charge is 0.316 e. The molecule has 0 aliphatic rings. The Morgan fingerprint density at radius 2 is 1.86 bits per heavy atom. The van der Waals surface area contributed by atoms with Crippen molar-refractivity contribution in [2.45, 2.75) is 20.0 Å². The number of fused-ring (bicyclic) bond motifs is 1. The van der Waals surface area contributed by atoms with Crippen LogP contribution in [0.5, 0.6) is 0 Å². The molecule has 1 aromatic heterocycles. The molecule has 0 aliphatic heterocycles. The van der Waals surface area contributed by atoms with Gasteiger partial charge in [-0.15, -0.1) is 11.8 Å². The molecular formula is C21H21N3O4S. The van der Waals surface area contributed by atoms with E-state index in [2.05, 4.69) is 15.3 Å². The van der Waals surface area contributed by atoms with E-state index in [4.69, 9.17) is 4.74 Å². The number of aromatic nitrogens is 2. The summed E-state index contributed by atoms with van der Waals surface area (Å²) in [5.74, 6) is -0.253. The molecular weight excluding hydrogens is 390 g/mol. The molecule has 150 valence electrons. The van der Waals surface area contributed by atoms with Gasteiger partial charge in [0, 0.05) is 5.69 Å². The quantitative estimate of drug-likeness (QED) is 0.579. The summed E-state index contributed by atoms with van der Waals surface area (Å²) in [7, 11) is 0. The maximum atomic E-state index is 12.1. The third-order valence-electron chi connectivity index (χ3n) is 4.11. The van der Waals surface area contributed by atoms with E-state index in [-0.39, 0.29) is 28.8 Å². The van der Waals surface area contributed by atoms with Crippen molar-refractivity contribution in [2.75, 3.05) is 16.8 Å². The number of para-hydroxylation sites is 1. The van der Waals surface area contributed by atoms with Crippen molar-refractivity contribution in [3.63, 3.8) is 0 Å². The Morgan fingerprint density at radius 3 is 2.62 bits per heavy atom. The number of esters is 1. The minimum absolute atomic E-state index is 0.0173. The molecule has 0 unspecified atom stereocenters. The van der Waals surface area contributed by atoms with Gasteiger partial charge in [-0.25, -0.2) is 4.98 Å². The lowest BCUT2D eigenvalue weighted by atomic mass is 10.2. The molecule has 1 amide bonds.